The highest BCUT2D eigenvalue weighted by molar-refractivity contribution is 6.60. The van der Waals surface area contributed by atoms with Crippen molar-refractivity contribution in [2.75, 3.05) is 27.9 Å². The van der Waals surface area contributed by atoms with Crippen molar-refractivity contribution in [2.24, 2.45) is 5.92 Å². The van der Waals surface area contributed by atoms with E-state index in [0.717, 1.165) is 25.5 Å². The summed E-state index contributed by atoms with van der Waals surface area (Å²) in [4.78, 5) is 0. The van der Waals surface area contributed by atoms with Gasteiger partial charge in [-0.15, -0.1) is 0 Å². The molecule has 0 aromatic rings. The van der Waals surface area contributed by atoms with Crippen molar-refractivity contribution in [2.45, 2.75) is 31.9 Å². The van der Waals surface area contributed by atoms with E-state index in [-0.39, 0.29) is 0 Å². The van der Waals surface area contributed by atoms with E-state index < -0.39 is 8.80 Å². The topological polar surface area (TPSA) is 40.2 Å². The Bertz CT molecular complexity index is 172. The second-order valence-electron chi connectivity index (χ2n) is 3.96. The number of hydrogen-bond acceptors (Lipinski definition) is 4. The van der Waals surface area contributed by atoms with Gasteiger partial charge in [0.25, 0.3) is 0 Å². The number of rotatable bonds is 8. The second-order valence-corrected chi connectivity index (χ2v) is 6.96. The molecule has 2 unspecified atom stereocenters. The van der Waals surface area contributed by atoms with Crippen LogP contribution < -0.4 is 0 Å². The maximum atomic E-state index is 5.42. The largest absolute Gasteiger partial charge is 0.500 e. The minimum absolute atomic E-state index is 0.465. The molecule has 0 spiro atoms. The predicted octanol–water partition coefficient (Wildman–Crippen LogP) is 1.68. The van der Waals surface area contributed by atoms with E-state index in [4.69, 9.17) is 18.0 Å². The van der Waals surface area contributed by atoms with Crippen molar-refractivity contribution in [3.05, 3.63) is 0 Å². The van der Waals surface area contributed by atoms with Crippen LogP contribution in [-0.2, 0) is 18.0 Å². The van der Waals surface area contributed by atoms with E-state index in [1.165, 1.54) is 0 Å². The Morgan fingerprint density at radius 3 is 2.13 bits per heavy atom. The van der Waals surface area contributed by atoms with Gasteiger partial charge in [-0.25, -0.2) is 0 Å². The standard InChI is InChI=1S/C10H22O4Si/c1-5-9(6-10-7-14-10)8-15(11-2,12-3)13-4/h9-10H,5-8H2,1-4H3. The van der Waals surface area contributed by atoms with Crippen molar-refractivity contribution < 1.29 is 18.0 Å². The molecule has 0 N–H and O–H groups in total. The van der Waals surface area contributed by atoms with Crippen LogP contribution in [0.2, 0.25) is 6.04 Å². The zero-order valence-corrected chi connectivity index (χ0v) is 11.1. The normalized spacial score (nSPS) is 22.8. The average molecular weight is 234 g/mol. The van der Waals surface area contributed by atoms with E-state index in [2.05, 4.69) is 6.92 Å². The summed E-state index contributed by atoms with van der Waals surface area (Å²) in [6.07, 6.45) is 2.68. The Kier molecular flexibility index (Phi) is 5.21. The molecule has 0 bridgehead atoms. The summed E-state index contributed by atoms with van der Waals surface area (Å²) in [6, 6.07) is 0.882. The van der Waals surface area contributed by atoms with Gasteiger partial charge in [-0.1, -0.05) is 13.3 Å². The quantitative estimate of drug-likeness (QED) is 0.473. The highest BCUT2D eigenvalue weighted by Crippen LogP contribution is 2.29. The molecule has 1 rings (SSSR count). The fourth-order valence-corrected chi connectivity index (χ4v) is 3.99. The van der Waals surface area contributed by atoms with E-state index in [0.29, 0.717) is 12.0 Å². The van der Waals surface area contributed by atoms with Crippen LogP contribution in [0, 0.1) is 5.92 Å². The zero-order valence-electron chi connectivity index (χ0n) is 10.1. The predicted molar refractivity (Wildman–Crippen MR) is 59.7 cm³/mol. The summed E-state index contributed by atoms with van der Waals surface area (Å²) in [7, 11) is 2.60. The lowest BCUT2D eigenvalue weighted by Gasteiger charge is -2.28. The molecule has 0 aliphatic carbocycles. The van der Waals surface area contributed by atoms with Gasteiger partial charge in [0, 0.05) is 27.4 Å². The lowest BCUT2D eigenvalue weighted by molar-refractivity contribution is 0.116. The minimum atomic E-state index is -2.40. The van der Waals surface area contributed by atoms with Crippen molar-refractivity contribution in [1.29, 1.82) is 0 Å². The van der Waals surface area contributed by atoms with Crippen LogP contribution in [0.25, 0.3) is 0 Å². The summed E-state index contributed by atoms with van der Waals surface area (Å²) < 4.78 is 21.5. The highest BCUT2D eigenvalue weighted by atomic mass is 28.4. The summed E-state index contributed by atoms with van der Waals surface area (Å²) in [5.41, 5.74) is 0. The lowest BCUT2D eigenvalue weighted by atomic mass is 10.0. The number of epoxide rings is 1. The fourth-order valence-electron chi connectivity index (χ4n) is 1.82. The summed E-state index contributed by atoms with van der Waals surface area (Å²) in [5.74, 6) is 0.573. The molecule has 0 aromatic carbocycles. The van der Waals surface area contributed by atoms with Crippen LogP contribution in [-0.4, -0.2) is 42.8 Å². The molecule has 1 fully saturated rings. The first-order valence-corrected chi connectivity index (χ1v) is 7.40. The maximum absolute atomic E-state index is 5.42. The molecular weight excluding hydrogens is 212 g/mol. The van der Waals surface area contributed by atoms with Gasteiger partial charge in [-0.05, 0) is 12.3 Å². The molecule has 15 heavy (non-hydrogen) atoms. The third-order valence-electron chi connectivity index (χ3n) is 3.05. The molecular formula is C10H22O4Si. The van der Waals surface area contributed by atoms with E-state index in [1.807, 2.05) is 0 Å². The molecule has 4 nitrogen and oxygen atoms in total. The fraction of sp³-hybridized carbons (Fsp3) is 1.00. The summed E-state index contributed by atoms with van der Waals surface area (Å²) >= 11 is 0. The highest BCUT2D eigenvalue weighted by Gasteiger charge is 2.41. The molecule has 1 saturated heterocycles. The van der Waals surface area contributed by atoms with Crippen molar-refractivity contribution in [3.8, 4) is 0 Å². The van der Waals surface area contributed by atoms with E-state index in [9.17, 15) is 0 Å². The van der Waals surface area contributed by atoms with Gasteiger partial charge < -0.3 is 18.0 Å². The Balaban J connectivity index is 2.44. The zero-order chi connectivity index (χ0) is 11.3. The summed E-state index contributed by atoms with van der Waals surface area (Å²) in [5, 5.41) is 0. The van der Waals surface area contributed by atoms with E-state index >= 15 is 0 Å². The van der Waals surface area contributed by atoms with Crippen LogP contribution in [0.3, 0.4) is 0 Å². The molecule has 0 amide bonds. The molecule has 2 atom stereocenters. The van der Waals surface area contributed by atoms with Crippen molar-refractivity contribution in [3.63, 3.8) is 0 Å². The van der Waals surface area contributed by atoms with Crippen LogP contribution in [0.15, 0.2) is 0 Å². The third-order valence-corrected chi connectivity index (χ3v) is 5.99. The molecule has 0 radical (unpaired) electrons. The van der Waals surface area contributed by atoms with Crippen LogP contribution in [0.5, 0.6) is 0 Å². The number of ether oxygens (including phenoxy) is 1. The molecule has 0 aromatic heterocycles. The smallest absolute Gasteiger partial charge is 0.377 e. The molecule has 1 heterocycles. The maximum Gasteiger partial charge on any atom is 0.500 e. The van der Waals surface area contributed by atoms with Crippen LogP contribution >= 0.6 is 0 Å². The van der Waals surface area contributed by atoms with Gasteiger partial charge >= 0.3 is 8.80 Å². The van der Waals surface area contributed by atoms with Gasteiger partial charge in [-0.2, -0.15) is 0 Å². The van der Waals surface area contributed by atoms with Gasteiger partial charge in [0.1, 0.15) is 0 Å². The first kappa shape index (κ1) is 13.1. The summed E-state index contributed by atoms with van der Waals surface area (Å²) in [6.45, 7) is 3.10. The Morgan fingerprint density at radius 1 is 1.27 bits per heavy atom. The van der Waals surface area contributed by atoms with Crippen LogP contribution in [0.4, 0.5) is 0 Å². The lowest BCUT2D eigenvalue weighted by Crippen LogP contribution is -2.44. The third kappa shape index (κ3) is 3.84. The Morgan fingerprint density at radius 2 is 1.80 bits per heavy atom. The Hall–Kier alpha value is 0.0569. The first-order valence-electron chi connectivity index (χ1n) is 5.46. The van der Waals surface area contributed by atoms with Crippen molar-refractivity contribution in [1.82, 2.24) is 0 Å². The molecule has 1 aliphatic heterocycles. The SMILES string of the molecule is CCC(CC1CO1)C[Si](OC)(OC)OC. The average Bonchev–Trinajstić information content (AvgIpc) is 3.08. The molecule has 0 saturated carbocycles. The van der Waals surface area contributed by atoms with Gasteiger partial charge in [0.2, 0.25) is 0 Å². The molecule has 5 heteroatoms. The minimum Gasteiger partial charge on any atom is -0.377 e. The Labute approximate surface area is 93.2 Å². The number of hydrogen-bond donors (Lipinski definition) is 0. The second kappa shape index (κ2) is 5.96. The van der Waals surface area contributed by atoms with Gasteiger partial charge in [0.05, 0.1) is 12.7 Å². The first-order chi connectivity index (χ1) is 7.19. The molecule has 1 aliphatic rings. The molecule has 90 valence electrons. The van der Waals surface area contributed by atoms with Crippen molar-refractivity contribution >= 4 is 8.80 Å². The van der Waals surface area contributed by atoms with E-state index in [1.54, 1.807) is 21.3 Å². The van der Waals surface area contributed by atoms with Gasteiger partial charge in [-0.3, -0.25) is 0 Å². The van der Waals surface area contributed by atoms with Gasteiger partial charge in [0.15, 0.2) is 0 Å². The monoisotopic (exact) mass is 234 g/mol. The van der Waals surface area contributed by atoms with Crippen LogP contribution in [0.1, 0.15) is 19.8 Å².